The summed E-state index contributed by atoms with van der Waals surface area (Å²) in [7, 11) is 3.53. The summed E-state index contributed by atoms with van der Waals surface area (Å²) in [5.74, 6) is 1.84. The first-order chi connectivity index (χ1) is 15.6. The van der Waals surface area contributed by atoms with E-state index in [0.29, 0.717) is 0 Å². The van der Waals surface area contributed by atoms with Crippen LogP contribution in [-0.4, -0.2) is 14.2 Å². The predicted octanol–water partition coefficient (Wildman–Crippen LogP) is 6.75. The summed E-state index contributed by atoms with van der Waals surface area (Å²) in [5, 5.41) is 0. The average Bonchev–Trinajstić information content (AvgIpc) is 3.16. The molecule has 160 valence electrons. The standard InChI is InChI=1S/C30H28O2/c1-29(22-13-6-4-7-14-22)21-30(23-15-8-5-9-16-23,24-17-10-11-19-26(24)31-2)25-18-12-20-27(32-3)28(25)29/h4-20H,21H2,1-3H3. The molecule has 2 unspecified atom stereocenters. The Hall–Kier alpha value is -3.52. The summed E-state index contributed by atoms with van der Waals surface area (Å²) in [6, 6.07) is 36.5. The molecule has 0 amide bonds. The van der Waals surface area contributed by atoms with Crippen LogP contribution in [-0.2, 0) is 10.8 Å². The van der Waals surface area contributed by atoms with Gasteiger partial charge in [-0.25, -0.2) is 0 Å². The van der Waals surface area contributed by atoms with Gasteiger partial charge in [0.15, 0.2) is 0 Å². The Labute approximate surface area is 190 Å². The molecule has 1 aliphatic rings. The zero-order valence-corrected chi connectivity index (χ0v) is 18.8. The van der Waals surface area contributed by atoms with E-state index in [9.17, 15) is 0 Å². The summed E-state index contributed by atoms with van der Waals surface area (Å²) in [4.78, 5) is 0. The van der Waals surface area contributed by atoms with Crippen molar-refractivity contribution in [3.8, 4) is 11.5 Å². The first-order valence-electron chi connectivity index (χ1n) is 11.1. The fraction of sp³-hybridized carbons (Fsp3) is 0.200. The zero-order valence-electron chi connectivity index (χ0n) is 18.8. The highest BCUT2D eigenvalue weighted by Gasteiger charge is 2.54. The molecule has 0 bridgehead atoms. The van der Waals surface area contributed by atoms with Crippen LogP contribution in [0.4, 0.5) is 0 Å². The molecule has 4 aromatic rings. The molecular weight excluding hydrogens is 392 g/mol. The second-order valence-electron chi connectivity index (χ2n) is 8.73. The van der Waals surface area contributed by atoms with Crippen molar-refractivity contribution in [2.45, 2.75) is 24.2 Å². The Morgan fingerprint density at radius 2 is 1.09 bits per heavy atom. The molecule has 0 fully saturated rings. The topological polar surface area (TPSA) is 18.5 Å². The minimum atomic E-state index is -0.373. The van der Waals surface area contributed by atoms with Gasteiger partial charge in [-0.05, 0) is 35.2 Å². The molecule has 0 radical (unpaired) electrons. The molecule has 0 saturated heterocycles. The first-order valence-corrected chi connectivity index (χ1v) is 11.1. The molecule has 0 saturated carbocycles. The molecule has 5 rings (SSSR count). The third-order valence-electron chi connectivity index (χ3n) is 7.12. The van der Waals surface area contributed by atoms with Gasteiger partial charge in [0.25, 0.3) is 0 Å². The summed E-state index contributed by atoms with van der Waals surface area (Å²) >= 11 is 0. The van der Waals surface area contributed by atoms with E-state index in [4.69, 9.17) is 9.47 Å². The fourth-order valence-electron chi connectivity index (χ4n) is 5.77. The van der Waals surface area contributed by atoms with Crippen molar-refractivity contribution in [1.82, 2.24) is 0 Å². The van der Waals surface area contributed by atoms with Crippen molar-refractivity contribution in [3.63, 3.8) is 0 Å². The van der Waals surface area contributed by atoms with E-state index >= 15 is 0 Å². The maximum absolute atomic E-state index is 5.96. The monoisotopic (exact) mass is 420 g/mol. The van der Waals surface area contributed by atoms with Crippen molar-refractivity contribution in [2.75, 3.05) is 14.2 Å². The van der Waals surface area contributed by atoms with Gasteiger partial charge in [0.1, 0.15) is 11.5 Å². The van der Waals surface area contributed by atoms with Gasteiger partial charge >= 0.3 is 0 Å². The number of benzene rings is 4. The fourth-order valence-corrected chi connectivity index (χ4v) is 5.77. The van der Waals surface area contributed by atoms with Crippen molar-refractivity contribution >= 4 is 0 Å². The van der Waals surface area contributed by atoms with Gasteiger partial charge in [0, 0.05) is 16.5 Å². The minimum absolute atomic E-state index is 0.236. The Morgan fingerprint density at radius 3 is 1.75 bits per heavy atom. The van der Waals surface area contributed by atoms with Crippen molar-refractivity contribution in [3.05, 3.63) is 131 Å². The van der Waals surface area contributed by atoms with Crippen molar-refractivity contribution in [2.24, 2.45) is 0 Å². The summed E-state index contributed by atoms with van der Waals surface area (Å²) in [6.45, 7) is 2.35. The molecule has 4 aromatic carbocycles. The van der Waals surface area contributed by atoms with Crippen molar-refractivity contribution < 1.29 is 9.47 Å². The molecule has 2 atom stereocenters. The minimum Gasteiger partial charge on any atom is -0.496 e. The van der Waals surface area contributed by atoms with Gasteiger partial charge in [0.05, 0.1) is 19.6 Å². The molecule has 1 aliphatic carbocycles. The lowest BCUT2D eigenvalue weighted by atomic mass is 9.67. The largest absolute Gasteiger partial charge is 0.496 e. The maximum atomic E-state index is 5.96. The lowest BCUT2D eigenvalue weighted by molar-refractivity contribution is 0.386. The molecule has 2 nitrogen and oxygen atoms in total. The van der Waals surface area contributed by atoms with Gasteiger partial charge in [-0.3, -0.25) is 0 Å². The third kappa shape index (κ3) is 2.86. The number of rotatable bonds is 5. The average molecular weight is 421 g/mol. The predicted molar refractivity (Wildman–Crippen MR) is 130 cm³/mol. The molecule has 0 aromatic heterocycles. The molecule has 0 heterocycles. The van der Waals surface area contributed by atoms with Crippen LogP contribution in [0.15, 0.2) is 103 Å². The second-order valence-corrected chi connectivity index (χ2v) is 8.73. The van der Waals surface area contributed by atoms with Crippen LogP contribution < -0.4 is 9.47 Å². The Bertz CT molecular complexity index is 1230. The van der Waals surface area contributed by atoms with Crippen LogP contribution in [0.3, 0.4) is 0 Å². The van der Waals surface area contributed by atoms with E-state index in [1.807, 2.05) is 6.07 Å². The molecule has 0 aliphatic heterocycles. The third-order valence-corrected chi connectivity index (χ3v) is 7.12. The number of hydrogen-bond acceptors (Lipinski definition) is 2. The van der Waals surface area contributed by atoms with Crippen LogP contribution in [0.5, 0.6) is 11.5 Å². The van der Waals surface area contributed by atoms with E-state index in [2.05, 4.69) is 104 Å². The molecule has 0 N–H and O–H groups in total. The summed E-state index contributed by atoms with van der Waals surface area (Å²) in [6.07, 6.45) is 0.879. The van der Waals surface area contributed by atoms with Crippen LogP contribution in [0.2, 0.25) is 0 Å². The lowest BCUT2D eigenvalue weighted by Crippen LogP contribution is -2.31. The highest BCUT2D eigenvalue weighted by molar-refractivity contribution is 5.67. The SMILES string of the molecule is COc1ccccc1C1(c2ccccc2)CC(C)(c2ccccc2)c2c(OC)cccc21. The van der Waals surface area contributed by atoms with Crippen LogP contribution in [0.25, 0.3) is 0 Å². The van der Waals surface area contributed by atoms with Gasteiger partial charge in [-0.15, -0.1) is 0 Å². The highest BCUT2D eigenvalue weighted by Crippen LogP contribution is 2.61. The Morgan fingerprint density at radius 1 is 0.562 bits per heavy atom. The van der Waals surface area contributed by atoms with E-state index in [0.717, 1.165) is 17.9 Å². The van der Waals surface area contributed by atoms with Gasteiger partial charge in [-0.2, -0.15) is 0 Å². The first kappa shape index (κ1) is 20.4. The van der Waals surface area contributed by atoms with Gasteiger partial charge in [-0.1, -0.05) is 97.9 Å². The van der Waals surface area contributed by atoms with E-state index in [1.165, 1.54) is 27.8 Å². The quantitative estimate of drug-likeness (QED) is 0.356. The zero-order chi connectivity index (χ0) is 22.2. The lowest BCUT2D eigenvalue weighted by Gasteiger charge is -2.35. The molecular formula is C30H28O2. The number of ether oxygens (including phenoxy) is 2. The Balaban J connectivity index is 1.92. The summed E-state index contributed by atoms with van der Waals surface area (Å²) in [5.41, 5.74) is 5.66. The van der Waals surface area contributed by atoms with E-state index < -0.39 is 0 Å². The number of hydrogen-bond donors (Lipinski definition) is 0. The molecule has 0 spiro atoms. The second kappa shape index (κ2) is 7.87. The van der Waals surface area contributed by atoms with Crippen LogP contribution >= 0.6 is 0 Å². The van der Waals surface area contributed by atoms with E-state index in [1.54, 1.807) is 14.2 Å². The number of methoxy groups -OCH3 is 2. The Kier molecular flexibility index (Phi) is 5.01. The normalized spacial score (nSPS) is 21.7. The molecule has 32 heavy (non-hydrogen) atoms. The van der Waals surface area contributed by atoms with Gasteiger partial charge in [0.2, 0.25) is 0 Å². The smallest absolute Gasteiger partial charge is 0.123 e. The highest BCUT2D eigenvalue weighted by atomic mass is 16.5. The molecule has 2 heteroatoms. The number of fused-ring (bicyclic) bond motifs is 1. The van der Waals surface area contributed by atoms with Gasteiger partial charge < -0.3 is 9.47 Å². The maximum Gasteiger partial charge on any atom is 0.123 e. The van der Waals surface area contributed by atoms with Crippen LogP contribution in [0, 0.1) is 0 Å². The van der Waals surface area contributed by atoms with Crippen molar-refractivity contribution in [1.29, 1.82) is 0 Å². The number of para-hydroxylation sites is 1. The van der Waals surface area contributed by atoms with Crippen LogP contribution in [0.1, 0.15) is 41.2 Å². The summed E-state index contributed by atoms with van der Waals surface area (Å²) < 4.78 is 11.9. The van der Waals surface area contributed by atoms with E-state index in [-0.39, 0.29) is 10.8 Å².